The van der Waals surface area contributed by atoms with E-state index in [9.17, 15) is 9.59 Å². The fraction of sp³-hybridized carbons (Fsp3) is 0.357. The molecule has 3 N–H and O–H groups in total. The van der Waals surface area contributed by atoms with Crippen molar-refractivity contribution in [1.29, 1.82) is 0 Å². The highest BCUT2D eigenvalue weighted by atomic mass is 32.1. The van der Waals surface area contributed by atoms with Crippen LogP contribution in [0, 0.1) is 6.92 Å². The van der Waals surface area contributed by atoms with E-state index in [4.69, 9.17) is 0 Å². The van der Waals surface area contributed by atoms with Crippen molar-refractivity contribution in [2.45, 2.75) is 26.8 Å². The fourth-order valence-corrected chi connectivity index (χ4v) is 2.40. The van der Waals surface area contributed by atoms with E-state index in [0.717, 1.165) is 35.7 Å². The maximum atomic E-state index is 12.2. The number of H-pyrrole nitrogens is 1. The molecule has 2 rings (SSSR count). The summed E-state index contributed by atoms with van der Waals surface area (Å²) < 4.78 is 0. The highest BCUT2D eigenvalue weighted by Gasteiger charge is 2.12. The van der Waals surface area contributed by atoms with Crippen molar-refractivity contribution >= 4 is 22.9 Å². The van der Waals surface area contributed by atoms with Gasteiger partial charge in [-0.05, 0) is 19.4 Å². The van der Waals surface area contributed by atoms with E-state index < -0.39 is 0 Å². The molecule has 2 aromatic rings. The van der Waals surface area contributed by atoms with E-state index in [1.165, 1.54) is 0 Å². The number of pyridine rings is 1. The summed E-state index contributed by atoms with van der Waals surface area (Å²) in [6.45, 7) is 5.03. The molecule has 0 aliphatic heterocycles. The summed E-state index contributed by atoms with van der Waals surface area (Å²) in [6.07, 6.45) is 2.54. The van der Waals surface area contributed by atoms with Crippen LogP contribution in [-0.2, 0) is 6.54 Å². The Morgan fingerprint density at radius 1 is 1.48 bits per heavy atom. The zero-order valence-corrected chi connectivity index (χ0v) is 12.8. The van der Waals surface area contributed by atoms with Gasteiger partial charge in [-0.2, -0.15) is 0 Å². The molecule has 6 nitrogen and oxygen atoms in total. The molecule has 0 unspecified atom stereocenters. The van der Waals surface area contributed by atoms with Crippen molar-refractivity contribution in [3.63, 3.8) is 0 Å². The fourth-order valence-electron chi connectivity index (χ4n) is 1.82. The van der Waals surface area contributed by atoms with Gasteiger partial charge in [0.2, 0.25) is 0 Å². The second kappa shape index (κ2) is 7.03. The van der Waals surface area contributed by atoms with E-state index in [1.807, 2.05) is 13.0 Å². The first kappa shape index (κ1) is 15.2. The lowest BCUT2D eigenvalue weighted by molar-refractivity contribution is 0.0951. The van der Waals surface area contributed by atoms with Crippen molar-refractivity contribution in [3.05, 3.63) is 44.3 Å². The largest absolute Gasteiger partial charge is 0.384 e. The van der Waals surface area contributed by atoms with Gasteiger partial charge in [0.05, 0.1) is 17.8 Å². The quantitative estimate of drug-likeness (QED) is 0.760. The molecule has 21 heavy (non-hydrogen) atoms. The molecule has 0 atom stereocenters. The van der Waals surface area contributed by atoms with Crippen LogP contribution in [0.1, 0.15) is 35.1 Å². The van der Waals surface area contributed by atoms with Crippen molar-refractivity contribution in [2.24, 2.45) is 0 Å². The number of aromatic amines is 1. The molecule has 0 saturated carbocycles. The van der Waals surface area contributed by atoms with Crippen molar-refractivity contribution in [3.8, 4) is 0 Å². The summed E-state index contributed by atoms with van der Waals surface area (Å²) in [6, 6.07) is 1.86. The Kier molecular flexibility index (Phi) is 5.10. The summed E-state index contributed by atoms with van der Waals surface area (Å²) in [5, 5.41) is 7.71. The number of aryl methyl sites for hydroxylation is 1. The lowest BCUT2D eigenvalue weighted by Gasteiger charge is -2.11. The first-order valence-electron chi connectivity index (χ1n) is 6.75. The van der Waals surface area contributed by atoms with Gasteiger partial charge in [0.1, 0.15) is 0 Å². The third kappa shape index (κ3) is 4.16. The van der Waals surface area contributed by atoms with Gasteiger partial charge in [0, 0.05) is 29.5 Å². The highest BCUT2D eigenvalue weighted by Crippen LogP contribution is 2.16. The van der Waals surface area contributed by atoms with Crippen LogP contribution in [0.15, 0.2) is 22.4 Å². The molecule has 2 heterocycles. The molecule has 112 valence electrons. The van der Waals surface area contributed by atoms with Crippen LogP contribution < -0.4 is 15.5 Å². The minimum atomic E-state index is -0.215. The number of rotatable bonds is 6. The molecule has 0 radical (unpaired) electrons. The van der Waals surface area contributed by atoms with E-state index in [1.54, 1.807) is 11.6 Å². The van der Waals surface area contributed by atoms with Crippen LogP contribution >= 0.6 is 11.3 Å². The molecule has 1 amide bonds. The van der Waals surface area contributed by atoms with Gasteiger partial charge < -0.3 is 15.6 Å². The first-order chi connectivity index (χ1) is 10.1. The standard InChI is InChI=1S/C14H18N4O2S/c1-3-4-15-12-5-9(2)16-7-11(12)13(19)17-6-10-8-21-14(20)18-10/h5,7-8H,3-4,6H2,1-2H3,(H,15,16)(H,17,19)(H,18,20). The number of anilines is 1. The zero-order chi connectivity index (χ0) is 15.2. The number of amides is 1. The van der Waals surface area contributed by atoms with Crippen LogP contribution in [-0.4, -0.2) is 22.4 Å². The summed E-state index contributed by atoms with van der Waals surface area (Å²) in [5.41, 5.74) is 2.83. The van der Waals surface area contributed by atoms with Gasteiger partial charge in [-0.25, -0.2) is 0 Å². The number of aromatic nitrogens is 2. The van der Waals surface area contributed by atoms with E-state index >= 15 is 0 Å². The highest BCUT2D eigenvalue weighted by molar-refractivity contribution is 7.07. The van der Waals surface area contributed by atoms with Crippen LogP contribution in [0.3, 0.4) is 0 Å². The predicted molar refractivity (Wildman–Crippen MR) is 83.9 cm³/mol. The Morgan fingerprint density at radius 3 is 2.95 bits per heavy atom. The molecule has 0 aliphatic rings. The van der Waals surface area contributed by atoms with Crippen molar-refractivity contribution < 1.29 is 4.79 Å². The van der Waals surface area contributed by atoms with Crippen LogP contribution in [0.4, 0.5) is 5.69 Å². The second-order valence-corrected chi connectivity index (χ2v) is 5.50. The van der Waals surface area contributed by atoms with Gasteiger partial charge in [-0.1, -0.05) is 18.3 Å². The molecule has 0 bridgehead atoms. The lowest BCUT2D eigenvalue weighted by Crippen LogP contribution is -2.24. The number of carbonyl (C=O) groups is 1. The van der Waals surface area contributed by atoms with E-state index in [0.29, 0.717) is 17.8 Å². The van der Waals surface area contributed by atoms with Gasteiger partial charge >= 0.3 is 4.87 Å². The Morgan fingerprint density at radius 2 is 2.29 bits per heavy atom. The van der Waals surface area contributed by atoms with Crippen LogP contribution in [0.2, 0.25) is 0 Å². The van der Waals surface area contributed by atoms with Crippen molar-refractivity contribution in [1.82, 2.24) is 15.3 Å². The van der Waals surface area contributed by atoms with Crippen LogP contribution in [0.5, 0.6) is 0 Å². The topological polar surface area (TPSA) is 86.9 Å². The normalized spacial score (nSPS) is 10.4. The maximum absolute atomic E-state index is 12.2. The number of hydrogen-bond acceptors (Lipinski definition) is 5. The Bertz CT molecular complexity index is 678. The van der Waals surface area contributed by atoms with Crippen LogP contribution in [0.25, 0.3) is 0 Å². The van der Waals surface area contributed by atoms with Gasteiger partial charge in [0.15, 0.2) is 0 Å². The minimum Gasteiger partial charge on any atom is -0.384 e. The zero-order valence-electron chi connectivity index (χ0n) is 12.0. The SMILES string of the molecule is CCCNc1cc(C)ncc1C(=O)NCc1csc(=O)[nH]1. The Hall–Kier alpha value is -2.15. The number of hydrogen-bond donors (Lipinski definition) is 3. The summed E-state index contributed by atoms with van der Waals surface area (Å²) >= 11 is 1.08. The number of thiazole rings is 1. The first-order valence-corrected chi connectivity index (χ1v) is 7.63. The molecule has 0 spiro atoms. The summed E-state index contributed by atoms with van der Waals surface area (Å²) in [5.74, 6) is -0.215. The number of carbonyl (C=O) groups excluding carboxylic acids is 1. The maximum Gasteiger partial charge on any atom is 0.304 e. The summed E-state index contributed by atoms with van der Waals surface area (Å²) in [4.78, 5) is 30.0. The molecular weight excluding hydrogens is 288 g/mol. The molecule has 2 aromatic heterocycles. The van der Waals surface area contributed by atoms with E-state index in [2.05, 4.69) is 27.5 Å². The Labute approximate surface area is 126 Å². The molecule has 0 fully saturated rings. The predicted octanol–water partition coefficient (Wildman–Crippen LogP) is 1.89. The van der Waals surface area contributed by atoms with Crippen molar-refractivity contribution in [2.75, 3.05) is 11.9 Å². The third-order valence-electron chi connectivity index (χ3n) is 2.86. The molecule has 0 saturated heterocycles. The molecule has 0 aliphatic carbocycles. The molecule has 0 aromatic carbocycles. The smallest absolute Gasteiger partial charge is 0.304 e. The average molecular weight is 306 g/mol. The lowest BCUT2D eigenvalue weighted by atomic mass is 10.2. The van der Waals surface area contributed by atoms with Gasteiger partial charge in [-0.3, -0.25) is 14.6 Å². The minimum absolute atomic E-state index is 0.124. The average Bonchev–Trinajstić information content (AvgIpc) is 2.88. The molecular formula is C14H18N4O2S. The second-order valence-electron chi connectivity index (χ2n) is 4.65. The monoisotopic (exact) mass is 306 g/mol. The Balaban J connectivity index is 2.08. The third-order valence-corrected chi connectivity index (χ3v) is 3.58. The summed E-state index contributed by atoms with van der Waals surface area (Å²) in [7, 11) is 0. The molecule has 7 heteroatoms. The van der Waals surface area contributed by atoms with Gasteiger partial charge in [-0.15, -0.1) is 0 Å². The number of nitrogens with one attached hydrogen (secondary N) is 3. The van der Waals surface area contributed by atoms with Gasteiger partial charge in [0.25, 0.3) is 5.91 Å². The van der Waals surface area contributed by atoms with E-state index in [-0.39, 0.29) is 10.8 Å². The number of nitrogens with zero attached hydrogens (tertiary/aromatic N) is 1.